The molecule has 26 heavy (non-hydrogen) atoms. The zero-order valence-corrected chi connectivity index (χ0v) is 15.7. The van der Waals surface area contributed by atoms with Gasteiger partial charge in [-0.3, -0.25) is 13.9 Å². The van der Waals surface area contributed by atoms with E-state index in [0.29, 0.717) is 5.69 Å². The van der Waals surface area contributed by atoms with Gasteiger partial charge < -0.3 is 5.32 Å². The van der Waals surface area contributed by atoms with E-state index in [1.54, 1.807) is 30.3 Å². The molecule has 2 atom stereocenters. The molecule has 1 amide bonds. The number of carbonyl (C=O) groups is 1. The van der Waals surface area contributed by atoms with Gasteiger partial charge in [0.1, 0.15) is 5.82 Å². The molecule has 1 saturated carbocycles. The number of halogens is 1. The molecule has 0 heterocycles. The van der Waals surface area contributed by atoms with Crippen LogP contribution in [0.15, 0.2) is 47.4 Å². The van der Waals surface area contributed by atoms with Crippen molar-refractivity contribution in [2.75, 3.05) is 5.32 Å². The lowest BCUT2D eigenvalue weighted by molar-refractivity contribution is -0.118. The number of aryl methyl sites for hydroxylation is 1. The van der Waals surface area contributed by atoms with Crippen molar-refractivity contribution in [3.63, 3.8) is 0 Å². The molecule has 1 aliphatic carbocycles. The third kappa shape index (κ3) is 3.48. The number of rotatable bonds is 4. The number of nitrogens with one attached hydrogen (secondary N) is 1. The van der Waals surface area contributed by atoms with Crippen molar-refractivity contribution >= 4 is 22.4 Å². The van der Waals surface area contributed by atoms with E-state index in [0.717, 1.165) is 11.1 Å². The minimum atomic E-state index is -3.25. The van der Waals surface area contributed by atoms with E-state index in [4.69, 9.17) is 5.14 Å². The minimum absolute atomic E-state index is 0.00928. The van der Waals surface area contributed by atoms with Crippen LogP contribution in [-0.2, 0) is 4.79 Å². The molecule has 5 nitrogen and oxygen atoms in total. The number of benzene rings is 2. The molecule has 140 valence electrons. The number of hydrogen-bond donors (Lipinski definition) is 4. The third-order valence-corrected chi connectivity index (χ3v) is 6.12. The quantitative estimate of drug-likeness (QED) is 0.630. The number of amides is 1. The lowest BCUT2D eigenvalue weighted by Crippen LogP contribution is -2.17. The highest BCUT2D eigenvalue weighted by molar-refractivity contribution is 8.22. The van der Waals surface area contributed by atoms with Crippen LogP contribution in [0.3, 0.4) is 0 Å². The summed E-state index contributed by atoms with van der Waals surface area (Å²) in [6, 6.07) is 11.0. The van der Waals surface area contributed by atoms with Crippen LogP contribution in [0.25, 0.3) is 0 Å². The molecule has 0 aromatic heterocycles. The topological polar surface area (TPSA) is 95.6 Å². The molecule has 1 aliphatic rings. The summed E-state index contributed by atoms with van der Waals surface area (Å²) in [6.45, 7) is 5.82. The molecule has 2 unspecified atom stereocenters. The van der Waals surface area contributed by atoms with Gasteiger partial charge >= 0.3 is 0 Å². The SMILES string of the molecule is Cc1ccc(F)cc1NC(=O)C1C(c2ccc(S(N)(O)O)cc2)C1(C)C. The van der Waals surface area contributed by atoms with E-state index in [9.17, 15) is 18.3 Å². The standard InChI is InChI=1S/C19H23FN2O3S/c1-11-4-7-13(20)10-15(11)22-18(23)17-16(19(17,2)3)12-5-8-14(9-6-12)26(21,24)25/h4-10,16-17,24-25H,21H2,1-3H3,(H,22,23). The van der Waals surface area contributed by atoms with E-state index in [1.807, 2.05) is 20.8 Å². The summed E-state index contributed by atoms with van der Waals surface area (Å²) >= 11 is 0. The van der Waals surface area contributed by atoms with Crippen molar-refractivity contribution in [3.8, 4) is 0 Å². The molecule has 2 aromatic carbocycles. The van der Waals surface area contributed by atoms with Crippen LogP contribution in [0, 0.1) is 24.1 Å². The van der Waals surface area contributed by atoms with Crippen LogP contribution in [-0.4, -0.2) is 15.0 Å². The van der Waals surface area contributed by atoms with Crippen molar-refractivity contribution in [3.05, 3.63) is 59.4 Å². The fourth-order valence-electron chi connectivity index (χ4n) is 3.56. The average molecular weight is 378 g/mol. The highest BCUT2D eigenvalue weighted by atomic mass is 32.3. The number of hydrogen-bond acceptors (Lipinski definition) is 4. The lowest BCUT2D eigenvalue weighted by Gasteiger charge is -2.26. The van der Waals surface area contributed by atoms with Crippen LogP contribution in [0.5, 0.6) is 0 Å². The van der Waals surface area contributed by atoms with E-state index in [2.05, 4.69) is 5.32 Å². The summed E-state index contributed by atoms with van der Waals surface area (Å²) in [5, 5.41) is 8.17. The average Bonchev–Trinajstić information content (AvgIpc) is 3.12. The van der Waals surface area contributed by atoms with Crippen LogP contribution in [0.1, 0.15) is 30.9 Å². The maximum absolute atomic E-state index is 13.4. The van der Waals surface area contributed by atoms with Gasteiger partial charge in [-0.05, 0) is 47.7 Å². The zero-order chi connectivity index (χ0) is 19.3. The van der Waals surface area contributed by atoms with Crippen LogP contribution >= 0.6 is 10.8 Å². The summed E-state index contributed by atoms with van der Waals surface area (Å²) in [5.41, 5.74) is 1.95. The number of carbonyl (C=O) groups excluding carboxylic acids is 1. The second-order valence-corrected chi connectivity index (χ2v) is 9.04. The Bertz CT molecular complexity index is 847. The van der Waals surface area contributed by atoms with Gasteiger partial charge in [0.2, 0.25) is 5.91 Å². The Morgan fingerprint density at radius 2 is 1.81 bits per heavy atom. The van der Waals surface area contributed by atoms with Gasteiger partial charge in [-0.15, -0.1) is 10.8 Å². The summed E-state index contributed by atoms with van der Waals surface area (Å²) in [6.07, 6.45) is 0. The lowest BCUT2D eigenvalue weighted by atomic mass is 10.0. The third-order valence-electron chi connectivity index (χ3n) is 5.15. The minimum Gasteiger partial charge on any atom is -0.325 e. The Kier molecular flexibility index (Phi) is 4.60. The maximum Gasteiger partial charge on any atom is 0.228 e. The van der Waals surface area contributed by atoms with Crippen molar-refractivity contribution in [1.82, 2.24) is 0 Å². The molecule has 0 spiro atoms. The maximum atomic E-state index is 13.4. The van der Waals surface area contributed by atoms with Crippen LogP contribution in [0.2, 0.25) is 0 Å². The molecule has 0 saturated heterocycles. The fraction of sp³-hybridized carbons (Fsp3) is 0.316. The van der Waals surface area contributed by atoms with Crippen molar-refractivity contribution in [1.29, 1.82) is 0 Å². The Morgan fingerprint density at radius 1 is 1.19 bits per heavy atom. The normalized spacial score (nSPS) is 22.0. The first kappa shape index (κ1) is 18.8. The van der Waals surface area contributed by atoms with Gasteiger partial charge in [-0.2, -0.15) is 0 Å². The van der Waals surface area contributed by atoms with Crippen LogP contribution < -0.4 is 10.5 Å². The van der Waals surface area contributed by atoms with E-state index in [1.165, 1.54) is 12.1 Å². The highest BCUT2D eigenvalue weighted by Gasteiger charge is 2.62. The van der Waals surface area contributed by atoms with E-state index >= 15 is 0 Å². The Morgan fingerprint density at radius 3 is 2.38 bits per heavy atom. The molecule has 3 rings (SSSR count). The van der Waals surface area contributed by atoms with E-state index < -0.39 is 16.6 Å². The van der Waals surface area contributed by atoms with Crippen molar-refractivity contribution in [2.24, 2.45) is 16.5 Å². The van der Waals surface area contributed by atoms with Gasteiger partial charge in [0.05, 0.1) is 10.8 Å². The monoisotopic (exact) mass is 378 g/mol. The summed E-state index contributed by atoms with van der Waals surface area (Å²) in [4.78, 5) is 13.0. The van der Waals surface area contributed by atoms with E-state index in [-0.39, 0.29) is 28.1 Å². The molecule has 0 radical (unpaired) electrons. The largest absolute Gasteiger partial charge is 0.325 e. The van der Waals surface area contributed by atoms with Gasteiger partial charge in [-0.1, -0.05) is 32.0 Å². The first-order valence-corrected chi connectivity index (χ1v) is 9.86. The predicted molar refractivity (Wildman–Crippen MR) is 102 cm³/mol. The van der Waals surface area contributed by atoms with Gasteiger partial charge in [0.25, 0.3) is 0 Å². The first-order chi connectivity index (χ1) is 12.0. The molecule has 0 bridgehead atoms. The molecule has 1 fully saturated rings. The Balaban J connectivity index is 1.79. The van der Waals surface area contributed by atoms with Crippen molar-refractivity contribution < 1.29 is 18.3 Å². The Labute approximate surface area is 153 Å². The summed E-state index contributed by atoms with van der Waals surface area (Å²) in [5.74, 6) is -0.811. The Hall–Kier alpha value is -1.93. The summed E-state index contributed by atoms with van der Waals surface area (Å²) < 4.78 is 32.5. The number of anilines is 1. The van der Waals surface area contributed by atoms with Gasteiger partial charge in [0, 0.05) is 11.6 Å². The van der Waals surface area contributed by atoms with Crippen molar-refractivity contribution in [2.45, 2.75) is 31.6 Å². The zero-order valence-electron chi connectivity index (χ0n) is 14.9. The summed E-state index contributed by atoms with van der Waals surface area (Å²) in [7, 11) is -3.25. The number of nitrogens with two attached hydrogens (primary N) is 1. The van der Waals surface area contributed by atoms with Crippen LogP contribution in [0.4, 0.5) is 10.1 Å². The smallest absolute Gasteiger partial charge is 0.228 e. The van der Waals surface area contributed by atoms with Gasteiger partial charge in [0.15, 0.2) is 0 Å². The molecule has 2 aromatic rings. The molecular weight excluding hydrogens is 355 g/mol. The van der Waals surface area contributed by atoms with Gasteiger partial charge in [-0.25, -0.2) is 9.53 Å². The molecule has 0 aliphatic heterocycles. The fourth-order valence-corrected chi connectivity index (χ4v) is 4.10. The molecule has 7 heteroatoms. The second-order valence-electron chi connectivity index (χ2n) is 7.39. The first-order valence-electron chi connectivity index (χ1n) is 8.25. The molecular formula is C19H23FN2O3S. The second kappa shape index (κ2) is 6.35. The highest BCUT2D eigenvalue weighted by Crippen LogP contribution is 2.64. The molecule has 5 N–H and O–H groups in total. The predicted octanol–water partition coefficient (Wildman–Crippen LogP) is 4.50.